The summed E-state index contributed by atoms with van der Waals surface area (Å²) in [6, 6.07) is 12.3. The third kappa shape index (κ3) is 3.84. The molecule has 2 aliphatic heterocycles. The van der Waals surface area contributed by atoms with E-state index in [0.29, 0.717) is 5.84 Å². The van der Waals surface area contributed by atoms with Crippen LogP contribution in [0.25, 0.3) is 11.8 Å². The molecule has 1 atom stereocenters. The van der Waals surface area contributed by atoms with Crippen molar-refractivity contribution < 1.29 is 19.1 Å². The van der Waals surface area contributed by atoms with E-state index >= 15 is 0 Å². The Morgan fingerprint density at radius 3 is 2.76 bits per heavy atom. The molecular formula is C26H27FN4O3. The molecule has 0 radical (unpaired) electrons. The second-order valence-electron chi connectivity index (χ2n) is 8.66. The van der Waals surface area contributed by atoms with Crippen LogP contribution in [0, 0.1) is 12.7 Å². The molecule has 2 aromatic carbocycles. The Labute approximate surface area is 197 Å². The second-order valence-corrected chi connectivity index (χ2v) is 8.66. The number of aryl methyl sites for hydroxylation is 1. The first kappa shape index (κ1) is 22.2. The minimum absolute atomic E-state index is 0.169. The van der Waals surface area contributed by atoms with Gasteiger partial charge < -0.3 is 24.1 Å². The highest BCUT2D eigenvalue weighted by Crippen LogP contribution is 2.38. The largest absolute Gasteiger partial charge is 0.495 e. The highest BCUT2D eigenvalue weighted by Gasteiger charge is 2.45. The number of aromatic nitrogens is 2. The van der Waals surface area contributed by atoms with Crippen molar-refractivity contribution in [3.63, 3.8) is 0 Å². The van der Waals surface area contributed by atoms with Gasteiger partial charge in [-0.05, 0) is 66.8 Å². The van der Waals surface area contributed by atoms with E-state index in [1.54, 1.807) is 25.6 Å². The maximum atomic E-state index is 13.6. The molecule has 1 unspecified atom stereocenters. The molecule has 3 aromatic rings. The lowest BCUT2D eigenvalue weighted by Crippen LogP contribution is -2.59. The van der Waals surface area contributed by atoms with Crippen molar-refractivity contribution in [2.45, 2.75) is 25.3 Å². The quantitative estimate of drug-likeness (QED) is 0.620. The van der Waals surface area contributed by atoms with Crippen molar-refractivity contribution in [2.75, 3.05) is 26.9 Å². The normalized spacial score (nSPS) is 21.1. The van der Waals surface area contributed by atoms with Crippen molar-refractivity contribution >= 4 is 11.9 Å². The van der Waals surface area contributed by atoms with Crippen LogP contribution in [0.3, 0.4) is 0 Å². The number of methoxy groups -OCH3 is 1. The van der Waals surface area contributed by atoms with Crippen molar-refractivity contribution in [3.05, 3.63) is 83.2 Å². The van der Waals surface area contributed by atoms with Gasteiger partial charge in [-0.3, -0.25) is 0 Å². The average molecular weight is 463 g/mol. The van der Waals surface area contributed by atoms with E-state index in [1.165, 1.54) is 12.1 Å². The van der Waals surface area contributed by atoms with E-state index in [4.69, 9.17) is 9.57 Å². The smallest absolute Gasteiger partial charge is 0.172 e. The zero-order valence-electron chi connectivity index (χ0n) is 19.2. The fraction of sp³-hybridized carbons (Fsp3) is 0.308. The third-order valence-electron chi connectivity index (χ3n) is 6.52. The molecule has 7 nitrogen and oxygen atoms in total. The summed E-state index contributed by atoms with van der Waals surface area (Å²) >= 11 is 0. The number of hydrogen-bond donors (Lipinski definition) is 1. The van der Waals surface area contributed by atoms with Crippen LogP contribution < -0.4 is 4.74 Å². The number of rotatable bonds is 5. The Hall–Kier alpha value is -3.65. The molecule has 0 amide bonds. The van der Waals surface area contributed by atoms with E-state index in [9.17, 15) is 9.50 Å². The Kier molecular flexibility index (Phi) is 5.83. The second kappa shape index (κ2) is 8.95. The number of hydrogen-bond acceptors (Lipinski definition) is 6. The van der Waals surface area contributed by atoms with E-state index in [-0.39, 0.29) is 19.0 Å². The zero-order valence-corrected chi connectivity index (χ0v) is 19.2. The molecule has 0 spiro atoms. The van der Waals surface area contributed by atoms with E-state index in [2.05, 4.69) is 21.1 Å². The van der Waals surface area contributed by atoms with Gasteiger partial charge in [0.05, 0.1) is 31.4 Å². The number of piperidine rings is 1. The SMILES string of the molecule is COc1cc(C=C2CCCN3C2=NOCC3(CO)c2ccc(F)cc2)ccc1-n1cnc(C)c1. The molecular weight excluding hydrogens is 435 g/mol. The van der Waals surface area contributed by atoms with Crippen molar-refractivity contribution in [1.29, 1.82) is 0 Å². The van der Waals surface area contributed by atoms with Crippen LogP contribution in [0.15, 0.2) is 65.7 Å². The van der Waals surface area contributed by atoms with Gasteiger partial charge in [-0.1, -0.05) is 23.4 Å². The fourth-order valence-electron chi connectivity index (χ4n) is 4.73. The summed E-state index contributed by atoms with van der Waals surface area (Å²) in [5.41, 5.74) is 3.80. The lowest BCUT2D eigenvalue weighted by molar-refractivity contribution is -0.0383. The first-order valence-electron chi connectivity index (χ1n) is 11.3. The molecule has 0 aliphatic carbocycles. The molecule has 5 rings (SSSR count). The Morgan fingerprint density at radius 1 is 1.24 bits per heavy atom. The van der Waals surface area contributed by atoms with Crippen LogP contribution in [0.4, 0.5) is 4.39 Å². The summed E-state index contributed by atoms with van der Waals surface area (Å²) in [5.74, 6) is 1.12. The van der Waals surface area contributed by atoms with Gasteiger partial charge in [0, 0.05) is 12.7 Å². The number of halogens is 1. The molecule has 8 heteroatoms. The number of nitrogens with zero attached hydrogens (tertiary/aromatic N) is 4. The summed E-state index contributed by atoms with van der Waals surface area (Å²) in [5, 5.41) is 14.8. The van der Waals surface area contributed by atoms with E-state index in [0.717, 1.165) is 53.2 Å². The van der Waals surface area contributed by atoms with Crippen LogP contribution in [0.2, 0.25) is 0 Å². The van der Waals surface area contributed by atoms with Crippen molar-refractivity contribution in [2.24, 2.45) is 5.16 Å². The molecule has 34 heavy (non-hydrogen) atoms. The summed E-state index contributed by atoms with van der Waals surface area (Å²) in [6.07, 6.45) is 7.53. The predicted octanol–water partition coefficient (Wildman–Crippen LogP) is 4.04. The third-order valence-corrected chi connectivity index (χ3v) is 6.52. The molecule has 176 valence electrons. The van der Waals surface area contributed by atoms with Gasteiger partial charge in [0.25, 0.3) is 0 Å². The van der Waals surface area contributed by atoms with E-state index < -0.39 is 5.54 Å². The molecule has 2 aliphatic rings. The number of imidazole rings is 1. The summed E-state index contributed by atoms with van der Waals surface area (Å²) in [6.45, 7) is 2.69. The van der Waals surface area contributed by atoms with Gasteiger partial charge in [0.2, 0.25) is 0 Å². The molecule has 3 heterocycles. The topological polar surface area (TPSA) is 72.1 Å². The number of oxime groups is 1. The lowest BCUT2D eigenvalue weighted by Gasteiger charge is -2.48. The van der Waals surface area contributed by atoms with Crippen LogP contribution in [0.5, 0.6) is 5.75 Å². The van der Waals surface area contributed by atoms with Gasteiger partial charge in [-0.15, -0.1) is 0 Å². The maximum absolute atomic E-state index is 13.6. The number of benzene rings is 2. The number of aliphatic hydroxyl groups is 1. The fourth-order valence-corrected chi connectivity index (χ4v) is 4.73. The summed E-state index contributed by atoms with van der Waals surface area (Å²) in [7, 11) is 1.65. The number of fused-ring (bicyclic) bond motifs is 1. The van der Waals surface area contributed by atoms with Crippen molar-refractivity contribution in [1.82, 2.24) is 14.5 Å². The maximum Gasteiger partial charge on any atom is 0.172 e. The highest BCUT2D eigenvalue weighted by molar-refractivity contribution is 6.03. The average Bonchev–Trinajstić information content (AvgIpc) is 3.30. The van der Waals surface area contributed by atoms with Gasteiger partial charge in [0.1, 0.15) is 23.7 Å². The van der Waals surface area contributed by atoms with Gasteiger partial charge in [-0.25, -0.2) is 9.37 Å². The van der Waals surface area contributed by atoms with E-state index in [1.807, 2.05) is 35.9 Å². The molecule has 0 saturated carbocycles. The number of aliphatic hydroxyl groups excluding tert-OH is 1. The molecule has 1 fully saturated rings. The van der Waals surface area contributed by atoms with Crippen LogP contribution in [-0.4, -0.2) is 52.3 Å². The molecule has 1 saturated heterocycles. The Bertz CT molecular complexity index is 1250. The summed E-state index contributed by atoms with van der Waals surface area (Å²) < 4.78 is 21.2. The number of ether oxygens (including phenoxy) is 1. The van der Waals surface area contributed by atoms with Crippen LogP contribution in [0.1, 0.15) is 29.7 Å². The zero-order chi connectivity index (χ0) is 23.7. The molecule has 1 N–H and O–H groups in total. The monoisotopic (exact) mass is 462 g/mol. The van der Waals surface area contributed by atoms with Gasteiger partial charge in [-0.2, -0.15) is 0 Å². The van der Waals surface area contributed by atoms with Gasteiger partial charge >= 0.3 is 0 Å². The lowest BCUT2D eigenvalue weighted by atomic mass is 9.85. The van der Waals surface area contributed by atoms with Crippen molar-refractivity contribution in [3.8, 4) is 11.4 Å². The highest BCUT2D eigenvalue weighted by atomic mass is 19.1. The minimum Gasteiger partial charge on any atom is -0.495 e. The Morgan fingerprint density at radius 2 is 2.06 bits per heavy atom. The predicted molar refractivity (Wildman–Crippen MR) is 127 cm³/mol. The first-order chi connectivity index (χ1) is 16.5. The summed E-state index contributed by atoms with van der Waals surface area (Å²) in [4.78, 5) is 12.0. The molecule has 0 bridgehead atoms. The minimum atomic E-state index is -0.814. The Balaban J connectivity index is 1.50. The number of amidine groups is 1. The standard InChI is InChI=1S/C26H27FN4O3/c1-18-14-30(17-28-18)23-10-5-19(13-24(23)33-2)12-20-4-3-11-31-25(20)29-34-16-26(31,15-32)21-6-8-22(27)9-7-21/h5-10,12-14,17,32H,3-4,11,15-16H2,1-2H3. The molecule has 1 aromatic heterocycles. The first-order valence-corrected chi connectivity index (χ1v) is 11.3. The van der Waals surface area contributed by atoms with Gasteiger partial charge in [0.15, 0.2) is 5.84 Å². The van der Waals surface area contributed by atoms with Crippen LogP contribution >= 0.6 is 0 Å². The van der Waals surface area contributed by atoms with Crippen LogP contribution in [-0.2, 0) is 10.4 Å².